The second kappa shape index (κ2) is 7.99. The number of nitrogens with zero attached hydrogens (tertiary/aromatic N) is 3. The SMILES string of the molecule is C=CCn1c(SCc2ccc(Cl)cc2)nnc1-c1csc2c1CCCC2. The van der Waals surface area contributed by atoms with Crippen LogP contribution in [0.3, 0.4) is 0 Å². The van der Waals surface area contributed by atoms with E-state index in [4.69, 9.17) is 11.6 Å². The van der Waals surface area contributed by atoms with Crippen molar-refractivity contribution >= 4 is 34.7 Å². The number of hydrogen-bond acceptors (Lipinski definition) is 4. The summed E-state index contributed by atoms with van der Waals surface area (Å²) < 4.78 is 2.19. The van der Waals surface area contributed by atoms with Gasteiger partial charge in [-0.2, -0.15) is 0 Å². The van der Waals surface area contributed by atoms with E-state index in [1.807, 2.05) is 29.5 Å². The van der Waals surface area contributed by atoms with Crippen molar-refractivity contribution in [2.75, 3.05) is 0 Å². The van der Waals surface area contributed by atoms with Crippen molar-refractivity contribution in [3.63, 3.8) is 0 Å². The number of allylic oxidation sites excluding steroid dienone is 1. The Morgan fingerprint density at radius 3 is 2.81 bits per heavy atom. The van der Waals surface area contributed by atoms with E-state index in [2.05, 4.69) is 38.9 Å². The van der Waals surface area contributed by atoms with Gasteiger partial charge < -0.3 is 0 Å². The third kappa shape index (κ3) is 3.61. The number of hydrogen-bond donors (Lipinski definition) is 0. The lowest BCUT2D eigenvalue weighted by molar-refractivity contribution is 0.694. The first-order valence-corrected chi connectivity index (χ1v) is 11.0. The van der Waals surface area contributed by atoms with E-state index >= 15 is 0 Å². The van der Waals surface area contributed by atoms with E-state index < -0.39 is 0 Å². The van der Waals surface area contributed by atoms with Crippen LogP contribution in [-0.2, 0) is 25.1 Å². The number of rotatable bonds is 6. The Hall–Kier alpha value is -1.56. The van der Waals surface area contributed by atoms with Gasteiger partial charge in [-0.15, -0.1) is 28.1 Å². The molecular weight excluding hydrogens is 382 g/mol. The van der Waals surface area contributed by atoms with E-state index in [9.17, 15) is 0 Å². The van der Waals surface area contributed by atoms with Gasteiger partial charge in [-0.3, -0.25) is 4.57 Å². The second-order valence-corrected chi connectivity index (χ2v) is 8.72. The van der Waals surface area contributed by atoms with Gasteiger partial charge >= 0.3 is 0 Å². The topological polar surface area (TPSA) is 30.7 Å². The maximum absolute atomic E-state index is 5.97. The highest BCUT2D eigenvalue weighted by Gasteiger charge is 2.21. The van der Waals surface area contributed by atoms with Crippen molar-refractivity contribution in [3.05, 3.63) is 63.3 Å². The number of thiophene rings is 1. The lowest BCUT2D eigenvalue weighted by Crippen LogP contribution is -2.04. The molecule has 0 atom stereocenters. The first kappa shape index (κ1) is 17.8. The summed E-state index contributed by atoms with van der Waals surface area (Å²) in [6.45, 7) is 4.64. The molecule has 0 amide bonds. The summed E-state index contributed by atoms with van der Waals surface area (Å²) in [6, 6.07) is 7.96. The van der Waals surface area contributed by atoms with Crippen LogP contribution in [0.4, 0.5) is 0 Å². The number of aromatic nitrogens is 3. The standard InChI is InChI=1S/C20H20ClN3S2/c1-2-11-24-19(17-13-25-18-6-4-3-5-16(17)18)22-23-20(24)26-12-14-7-9-15(21)10-8-14/h2,7-10,13H,1,3-6,11-12H2. The summed E-state index contributed by atoms with van der Waals surface area (Å²) in [6.07, 6.45) is 6.84. The number of benzene rings is 1. The van der Waals surface area contributed by atoms with Gasteiger partial charge in [0.1, 0.15) is 0 Å². The maximum Gasteiger partial charge on any atom is 0.192 e. The Kier molecular flexibility index (Phi) is 5.48. The molecular formula is C20H20ClN3S2. The van der Waals surface area contributed by atoms with E-state index in [0.717, 1.165) is 34.7 Å². The Morgan fingerprint density at radius 1 is 1.19 bits per heavy atom. The molecule has 0 unspecified atom stereocenters. The minimum absolute atomic E-state index is 0.718. The molecule has 3 nitrogen and oxygen atoms in total. The zero-order valence-electron chi connectivity index (χ0n) is 14.4. The summed E-state index contributed by atoms with van der Waals surface area (Å²) in [7, 11) is 0. The van der Waals surface area contributed by atoms with E-state index in [-0.39, 0.29) is 0 Å². The van der Waals surface area contributed by atoms with Crippen molar-refractivity contribution in [3.8, 4) is 11.4 Å². The van der Waals surface area contributed by atoms with Crippen molar-refractivity contribution in [2.24, 2.45) is 0 Å². The molecule has 2 heterocycles. The predicted octanol–water partition coefficient (Wildman–Crippen LogP) is 6.02. The predicted molar refractivity (Wildman–Crippen MR) is 111 cm³/mol. The molecule has 6 heteroatoms. The van der Waals surface area contributed by atoms with Crippen LogP contribution >= 0.6 is 34.7 Å². The summed E-state index contributed by atoms with van der Waals surface area (Å²) in [4.78, 5) is 1.52. The fourth-order valence-electron chi connectivity index (χ4n) is 3.30. The monoisotopic (exact) mass is 401 g/mol. The molecule has 1 aliphatic rings. The minimum atomic E-state index is 0.718. The molecule has 0 bridgehead atoms. The van der Waals surface area contributed by atoms with E-state index in [0.29, 0.717) is 0 Å². The Balaban J connectivity index is 1.61. The highest BCUT2D eigenvalue weighted by Crippen LogP contribution is 2.37. The van der Waals surface area contributed by atoms with Crippen LogP contribution in [0.1, 0.15) is 28.8 Å². The molecule has 4 rings (SSSR count). The normalized spacial score (nSPS) is 13.6. The fraction of sp³-hybridized carbons (Fsp3) is 0.300. The Morgan fingerprint density at radius 2 is 2.00 bits per heavy atom. The van der Waals surface area contributed by atoms with Crippen LogP contribution in [0.5, 0.6) is 0 Å². The molecule has 0 radical (unpaired) electrons. The van der Waals surface area contributed by atoms with Gasteiger partial charge in [0.25, 0.3) is 0 Å². The smallest absolute Gasteiger partial charge is 0.192 e. The average molecular weight is 402 g/mol. The lowest BCUT2D eigenvalue weighted by atomic mass is 9.95. The third-order valence-electron chi connectivity index (χ3n) is 4.61. The summed E-state index contributed by atoms with van der Waals surface area (Å²) >= 11 is 9.54. The maximum atomic E-state index is 5.97. The second-order valence-electron chi connectivity index (χ2n) is 6.38. The summed E-state index contributed by atoms with van der Waals surface area (Å²) in [5.41, 5.74) is 3.97. The fourth-order valence-corrected chi connectivity index (χ4v) is 5.45. The Labute approximate surface area is 167 Å². The van der Waals surface area contributed by atoms with E-state index in [1.165, 1.54) is 40.8 Å². The van der Waals surface area contributed by atoms with Crippen molar-refractivity contribution in [1.29, 1.82) is 0 Å². The minimum Gasteiger partial charge on any atom is -0.298 e. The highest BCUT2D eigenvalue weighted by molar-refractivity contribution is 7.98. The van der Waals surface area contributed by atoms with E-state index in [1.54, 1.807) is 11.8 Å². The quantitative estimate of drug-likeness (QED) is 0.374. The molecule has 0 spiro atoms. The first-order chi connectivity index (χ1) is 12.8. The number of aryl methyl sites for hydroxylation is 1. The summed E-state index contributed by atoms with van der Waals surface area (Å²) in [5.74, 6) is 1.82. The molecule has 1 aliphatic carbocycles. The molecule has 26 heavy (non-hydrogen) atoms. The molecule has 3 aromatic rings. The van der Waals surface area contributed by atoms with Crippen LogP contribution in [0, 0.1) is 0 Å². The lowest BCUT2D eigenvalue weighted by Gasteiger charge is -2.13. The van der Waals surface area contributed by atoms with Crippen LogP contribution in [0.15, 0.2) is 47.5 Å². The zero-order chi connectivity index (χ0) is 17.9. The average Bonchev–Trinajstić information content (AvgIpc) is 3.25. The van der Waals surface area contributed by atoms with Gasteiger partial charge in [-0.1, -0.05) is 41.6 Å². The van der Waals surface area contributed by atoms with Gasteiger partial charge in [0.05, 0.1) is 0 Å². The van der Waals surface area contributed by atoms with Crippen molar-refractivity contribution in [1.82, 2.24) is 14.8 Å². The summed E-state index contributed by atoms with van der Waals surface area (Å²) in [5, 5.41) is 13.0. The molecule has 0 saturated carbocycles. The van der Waals surface area contributed by atoms with Crippen LogP contribution in [0.25, 0.3) is 11.4 Å². The first-order valence-electron chi connectivity index (χ1n) is 8.77. The number of fused-ring (bicyclic) bond motifs is 1. The van der Waals surface area contributed by atoms with Crippen LogP contribution < -0.4 is 0 Å². The van der Waals surface area contributed by atoms with Crippen molar-refractivity contribution < 1.29 is 0 Å². The van der Waals surface area contributed by atoms with Gasteiger partial charge in [-0.25, -0.2) is 0 Å². The number of halogens is 1. The molecule has 2 aromatic heterocycles. The van der Waals surface area contributed by atoms with Gasteiger partial charge in [0.2, 0.25) is 0 Å². The third-order valence-corrected chi connectivity index (χ3v) is 6.99. The molecule has 1 aromatic carbocycles. The van der Waals surface area contributed by atoms with Gasteiger partial charge in [0.15, 0.2) is 11.0 Å². The molecule has 134 valence electrons. The highest BCUT2D eigenvalue weighted by atomic mass is 35.5. The molecule has 0 aliphatic heterocycles. The molecule has 0 N–H and O–H groups in total. The largest absolute Gasteiger partial charge is 0.298 e. The van der Waals surface area contributed by atoms with Crippen LogP contribution in [-0.4, -0.2) is 14.8 Å². The number of thioether (sulfide) groups is 1. The molecule has 0 saturated heterocycles. The Bertz CT molecular complexity index is 912. The van der Waals surface area contributed by atoms with Crippen molar-refractivity contribution in [2.45, 2.75) is 43.1 Å². The van der Waals surface area contributed by atoms with Crippen LogP contribution in [0.2, 0.25) is 5.02 Å². The van der Waals surface area contributed by atoms with Gasteiger partial charge in [0, 0.05) is 33.1 Å². The van der Waals surface area contributed by atoms with Gasteiger partial charge in [-0.05, 0) is 48.9 Å². The zero-order valence-corrected chi connectivity index (χ0v) is 16.8. The molecule has 0 fully saturated rings.